The Bertz CT molecular complexity index is 921. The molecule has 0 amide bonds. The first-order valence-corrected chi connectivity index (χ1v) is 8.55. The van der Waals surface area contributed by atoms with E-state index in [0.717, 1.165) is 48.5 Å². The molecular formula is C19H20N6. The van der Waals surface area contributed by atoms with Crippen LogP contribution < -0.4 is 10.6 Å². The SMILES string of the molecule is N#Cc1ccc(Cn2c(N3CCC[C@@H](N)C3)nc3ccccc32)cn1. The van der Waals surface area contributed by atoms with Crippen molar-refractivity contribution in [1.82, 2.24) is 14.5 Å². The smallest absolute Gasteiger partial charge is 0.206 e. The van der Waals surface area contributed by atoms with Gasteiger partial charge in [-0.3, -0.25) is 0 Å². The molecular weight excluding hydrogens is 312 g/mol. The lowest BCUT2D eigenvalue weighted by atomic mass is 10.1. The number of aromatic nitrogens is 3. The lowest BCUT2D eigenvalue weighted by Crippen LogP contribution is -2.44. The highest BCUT2D eigenvalue weighted by Crippen LogP contribution is 2.26. The molecule has 0 spiro atoms. The third kappa shape index (κ3) is 3.06. The number of hydrogen-bond donors (Lipinski definition) is 1. The highest BCUT2D eigenvalue weighted by Gasteiger charge is 2.22. The van der Waals surface area contributed by atoms with Crippen LogP contribution in [-0.4, -0.2) is 33.7 Å². The Labute approximate surface area is 146 Å². The summed E-state index contributed by atoms with van der Waals surface area (Å²) in [5.74, 6) is 0.959. The summed E-state index contributed by atoms with van der Waals surface area (Å²) < 4.78 is 2.22. The van der Waals surface area contributed by atoms with Gasteiger partial charge in [-0.15, -0.1) is 0 Å². The first-order chi connectivity index (χ1) is 12.2. The number of nitrogens with two attached hydrogens (primary N) is 1. The van der Waals surface area contributed by atoms with Crippen molar-refractivity contribution >= 4 is 17.0 Å². The van der Waals surface area contributed by atoms with Gasteiger partial charge < -0.3 is 15.2 Å². The number of hydrogen-bond acceptors (Lipinski definition) is 5. The monoisotopic (exact) mass is 332 g/mol. The molecule has 3 heterocycles. The maximum atomic E-state index is 8.92. The Hall–Kier alpha value is -2.91. The van der Waals surface area contributed by atoms with Crippen molar-refractivity contribution in [3.8, 4) is 6.07 Å². The number of nitrogens with zero attached hydrogens (tertiary/aromatic N) is 5. The van der Waals surface area contributed by atoms with E-state index in [0.29, 0.717) is 12.2 Å². The van der Waals surface area contributed by atoms with Crippen molar-refractivity contribution in [1.29, 1.82) is 5.26 Å². The fourth-order valence-electron chi connectivity index (χ4n) is 3.42. The number of fused-ring (bicyclic) bond motifs is 1. The number of para-hydroxylation sites is 2. The Balaban J connectivity index is 1.74. The first-order valence-electron chi connectivity index (χ1n) is 8.55. The Morgan fingerprint density at radius 3 is 2.88 bits per heavy atom. The first kappa shape index (κ1) is 15.6. The van der Waals surface area contributed by atoms with Gasteiger partial charge in [0.1, 0.15) is 11.8 Å². The van der Waals surface area contributed by atoms with Crippen LogP contribution in [0.25, 0.3) is 11.0 Å². The van der Waals surface area contributed by atoms with Crippen molar-refractivity contribution in [3.63, 3.8) is 0 Å². The number of rotatable bonds is 3. The summed E-state index contributed by atoms with van der Waals surface area (Å²) in [7, 11) is 0. The highest BCUT2D eigenvalue weighted by atomic mass is 15.3. The van der Waals surface area contributed by atoms with E-state index in [1.54, 1.807) is 12.3 Å². The standard InChI is InChI=1S/C19H20N6/c20-10-16-8-7-14(11-22-16)12-25-18-6-2-1-5-17(18)23-19(25)24-9-3-4-15(21)13-24/h1-2,5-8,11,15H,3-4,9,12-13,21H2/t15-/m1/s1. The number of benzene rings is 1. The molecule has 25 heavy (non-hydrogen) atoms. The van der Waals surface area contributed by atoms with Crippen LogP contribution in [0.5, 0.6) is 0 Å². The maximum Gasteiger partial charge on any atom is 0.206 e. The lowest BCUT2D eigenvalue weighted by Gasteiger charge is -2.32. The second-order valence-electron chi connectivity index (χ2n) is 6.50. The van der Waals surface area contributed by atoms with Gasteiger partial charge in [-0.1, -0.05) is 18.2 Å². The summed E-state index contributed by atoms with van der Waals surface area (Å²) in [5, 5.41) is 8.92. The van der Waals surface area contributed by atoms with Gasteiger partial charge >= 0.3 is 0 Å². The van der Waals surface area contributed by atoms with Gasteiger partial charge in [0.25, 0.3) is 0 Å². The molecule has 0 saturated carbocycles. The zero-order chi connectivity index (χ0) is 17.2. The van der Waals surface area contributed by atoms with E-state index in [-0.39, 0.29) is 6.04 Å². The summed E-state index contributed by atoms with van der Waals surface area (Å²) in [6.07, 6.45) is 3.91. The third-order valence-electron chi connectivity index (χ3n) is 4.66. The molecule has 1 saturated heterocycles. The van der Waals surface area contributed by atoms with Crippen LogP contribution in [0.2, 0.25) is 0 Å². The van der Waals surface area contributed by atoms with Gasteiger partial charge in [0, 0.05) is 25.3 Å². The largest absolute Gasteiger partial charge is 0.341 e. The molecule has 6 heteroatoms. The Kier molecular flexibility index (Phi) is 4.08. The van der Waals surface area contributed by atoms with Crippen LogP contribution in [0.3, 0.4) is 0 Å². The summed E-state index contributed by atoms with van der Waals surface area (Å²) in [6.45, 7) is 2.47. The zero-order valence-corrected chi connectivity index (χ0v) is 14.0. The molecule has 6 nitrogen and oxygen atoms in total. The summed E-state index contributed by atoms with van der Waals surface area (Å²) >= 11 is 0. The average Bonchev–Trinajstić information content (AvgIpc) is 3.01. The maximum absolute atomic E-state index is 8.92. The second kappa shape index (κ2) is 6.54. The van der Waals surface area contributed by atoms with Crippen LogP contribution in [0.4, 0.5) is 5.95 Å². The topological polar surface area (TPSA) is 83.8 Å². The third-order valence-corrected chi connectivity index (χ3v) is 4.66. The lowest BCUT2D eigenvalue weighted by molar-refractivity contribution is 0.495. The molecule has 1 atom stereocenters. The van der Waals surface area contributed by atoms with Gasteiger partial charge in [0.2, 0.25) is 5.95 Å². The number of nitriles is 1. The molecule has 0 radical (unpaired) electrons. The molecule has 1 fully saturated rings. The van der Waals surface area contributed by atoms with Crippen LogP contribution in [0.15, 0.2) is 42.6 Å². The Morgan fingerprint density at radius 1 is 1.24 bits per heavy atom. The average molecular weight is 332 g/mol. The van der Waals surface area contributed by atoms with Gasteiger partial charge in [0.05, 0.1) is 17.6 Å². The molecule has 2 aromatic heterocycles. The predicted octanol–water partition coefficient (Wildman–Crippen LogP) is 2.28. The summed E-state index contributed by atoms with van der Waals surface area (Å²) in [4.78, 5) is 11.3. The number of anilines is 1. The van der Waals surface area contributed by atoms with E-state index in [4.69, 9.17) is 16.0 Å². The molecule has 126 valence electrons. The van der Waals surface area contributed by atoms with Crippen LogP contribution >= 0.6 is 0 Å². The van der Waals surface area contributed by atoms with E-state index >= 15 is 0 Å². The van der Waals surface area contributed by atoms with Crippen LogP contribution in [0.1, 0.15) is 24.1 Å². The number of pyridine rings is 1. The van der Waals surface area contributed by atoms with Crippen molar-refractivity contribution < 1.29 is 0 Å². The summed E-state index contributed by atoms with van der Waals surface area (Å²) in [6, 6.07) is 14.1. The van der Waals surface area contributed by atoms with Crippen molar-refractivity contribution in [2.75, 3.05) is 18.0 Å². The minimum atomic E-state index is 0.193. The molecule has 0 aliphatic carbocycles. The van der Waals surface area contributed by atoms with Gasteiger partial charge in [0.15, 0.2) is 0 Å². The minimum absolute atomic E-state index is 0.193. The molecule has 1 aliphatic heterocycles. The zero-order valence-electron chi connectivity index (χ0n) is 14.0. The molecule has 3 aromatic rings. The molecule has 0 bridgehead atoms. The van der Waals surface area contributed by atoms with Crippen molar-refractivity contribution in [3.05, 3.63) is 53.9 Å². The van der Waals surface area contributed by atoms with Crippen molar-refractivity contribution in [2.24, 2.45) is 5.73 Å². The quantitative estimate of drug-likeness (QED) is 0.795. The minimum Gasteiger partial charge on any atom is -0.341 e. The fourth-order valence-corrected chi connectivity index (χ4v) is 3.42. The Morgan fingerprint density at radius 2 is 2.12 bits per heavy atom. The van der Waals surface area contributed by atoms with Crippen molar-refractivity contribution in [2.45, 2.75) is 25.4 Å². The number of piperidine rings is 1. The summed E-state index contributed by atoms with van der Waals surface area (Å²) in [5.41, 5.74) is 9.73. The normalized spacial score (nSPS) is 17.6. The molecule has 0 unspecified atom stereocenters. The van der Waals surface area contributed by atoms with E-state index in [9.17, 15) is 0 Å². The van der Waals surface area contributed by atoms with Gasteiger partial charge in [-0.25, -0.2) is 9.97 Å². The number of imidazole rings is 1. The van der Waals surface area contributed by atoms with Gasteiger partial charge in [-0.05, 0) is 36.6 Å². The van der Waals surface area contributed by atoms with E-state index in [2.05, 4.69) is 26.6 Å². The fraction of sp³-hybridized carbons (Fsp3) is 0.316. The van der Waals surface area contributed by atoms with E-state index in [1.165, 1.54) is 0 Å². The molecule has 1 aliphatic rings. The van der Waals surface area contributed by atoms with Crippen LogP contribution in [-0.2, 0) is 6.54 Å². The molecule has 2 N–H and O–H groups in total. The van der Waals surface area contributed by atoms with E-state index in [1.807, 2.05) is 24.3 Å². The van der Waals surface area contributed by atoms with Gasteiger partial charge in [-0.2, -0.15) is 5.26 Å². The highest BCUT2D eigenvalue weighted by molar-refractivity contribution is 5.79. The van der Waals surface area contributed by atoms with E-state index < -0.39 is 0 Å². The second-order valence-corrected chi connectivity index (χ2v) is 6.50. The molecule has 1 aromatic carbocycles. The molecule has 4 rings (SSSR count). The predicted molar refractivity (Wildman–Crippen MR) is 97.2 cm³/mol. The van der Waals surface area contributed by atoms with Crippen LogP contribution in [0, 0.1) is 11.3 Å².